The number of thiazole rings is 1. The third-order valence-electron chi connectivity index (χ3n) is 3.16. The molecular weight excluding hydrogens is 284 g/mol. The lowest BCUT2D eigenvalue weighted by Crippen LogP contribution is -2.26. The summed E-state index contributed by atoms with van der Waals surface area (Å²) in [5, 5.41) is 0. The number of ketones is 1. The van der Waals surface area contributed by atoms with Crippen molar-refractivity contribution in [3.63, 3.8) is 0 Å². The number of rotatable bonds is 7. The predicted octanol–water partition coefficient (Wildman–Crippen LogP) is 3.16. The maximum Gasteiger partial charge on any atom is 0.180 e. The molecule has 2 aromatic rings. The number of benzene rings is 1. The van der Waals surface area contributed by atoms with E-state index in [2.05, 4.69) is 4.98 Å². The Hall–Kier alpha value is -1.72. The molecule has 0 fully saturated rings. The summed E-state index contributed by atoms with van der Waals surface area (Å²) in [6.45, 7) is 5.56. The van der Waals surface area contributed by atoms with Gasteiger partial charge in [-0.3, -0.25) is 9.69 Å². The molecular formula is C16H20N2O2S. The molecule has 0 unspecified atom stereocenters. The molecule has 112 valence electrons. The smallest absolute Gasteiger partial charge is 0.180 e. The molecule has 0 bridgehead atoms. The number of aryl methyl sites for hydroxylation is 1. The highest BCUT2D eigenvalue weighted by atomic mass is 32.1. The van der Waals surface area contributed by atoms with Crippen molar-refractivity contribution in [2.24, 2.45) is 0 Å². The van der Waals surface area contributed by atoms with E-state index in [0.29, 0.717) is 24.5 Å². The van der Waals surface area contributed by atoms with Crippen LogP contribution in [-0.2, 0) is 6.54 Å². The van der Waals surface area contributed by atoms with E-state index >= 15 is 0 Å². The molecule has 0 saturated carbocycles. The molecule has 1 heterocycles. The monoisotopic (exact) mass is 304 g/mol. The van der Waals surface area contributed by atoms with Gasteiger partial charge in [0.2, 0.25) is 0 Å². The van der Waals surface area contributed by atoms with Crippen molar-refractivity contribution in [3.05, 3.63) is 45.9 Å². The Morgan fingerprint density at radius 1 is 1.38 bits per heavy atom. The summed E-state index contributed by atoms with van der Waals surface area (Å²) in [5.74, 6) is 0.732. The van der Waals surface area contributed by atoms with E-state index in [4.69, 9.17) is 4.74 Å². The first-order valence-electron chi connectivity index (χ1n) is 6.94. The highest BCUT2D eigenvalue weighted by Gasteiger charge is 2.15. The van der Waals surface area contributed by atoms with Crippen molar-refractivity contribution in [2.75, 3.05) is 20.2 Å². The third kappa shape index (κ3) is 4.12. The zero-order valence-corrected chi connectivity index (χ0v) is 13.4. The van der Waals surface area contributed by atoms with Gasteiger partial charge in [0, 0.05) is 11.4 Å². The maximum atomic E-state index is 12.4. The summed E-state index contributed by atoms with van der Waals surface area (Å²) in [7, 11) is 1.94. The van der Waals surface area contributed by atoms with E-state index < -0.39 is 0 Å². The van der Waals surface area contributed by atoms with Gasteiger partial charge in [-0.1, -0.05) is 12.1 Å². The molecule has 0 radical (unpaired) electrons. The minimum Gasteiger partial charge on any atom is -0.493 e. The summed E-state index contributed by atoms with van der Waals surface area (Å²) in [4.78, 5) is 19.9. The Morgan fingerprint density at radius 3 is 2.81 bits per heavy atom. The highest BCUT2D eigenvalue weighted by molar-refractivity contribution is 7.09. The van der Waals surface area contributed by atoms with Crippen LogP contribution in [0.4, 0.5) is 0 Å². The van der Waals surface area contributed by atoms with Gasteiger partial charge in [-0.15, -0.1) is 11.3 Å². The van der Waals surface area contributed by atoms with Gasteiger partial charge in [0.05, 0.1) is 29.9 Å². The van der Waals surface area contributed by atoms with Crippen molar-refractivity contribution in [1.29, 1.82) is 0 Å². The molecule has 2 rings (SSSR count). The predicted molar refractivity (Wildman–Crippen MR) is 85.1 cm³/mol. The molecule has 0 aliphatic heterocycles. The molecule has 0 spiro atoms. The topological polar surface area (TPSA) is 42.4 Å². The van der Waals surface area contributed by atoms with Gasteiger partial charge in [0.25, 0.3) is 0 Å². The van der Waals surface area contributed by atoms with E-state index in [1.807, 2.05) is 55.6 Å². The minimum atomic E-state index is 0.0729. The SMILES string of the molecule is CCOc1ccccc1C(=O)CN(C)Cc1scnc1C. The number of carbonyl (C=O) groups is 1. The Morgan fingerprint density at radius 2 is 2.14 bits per heavy atom. The van der Waals surface area contributed by atoms with Crippen LogP contribution in [0, 0.1) is 6.92 Å². The quantitative estimate of drug-likeness (QED) is 0.737. The van der Waals surface area contributed by atoms with Crippen LogP contribution >= 0.6 is 11.3 Å². The largest absolute Gasteiger partial charge is 0.493 e. The molecule has 0 N–H and O–H groups in total. The van der Waals surface area contributed by atoms with Crippen LogP contribution < -0.4 is 4.74 Å². The molecule has 5 heteroatoms. The number of aromatic nitrogens is 1. The van der Waals surface area contributed by atoms with Crippen molar-refractivity contribution in [2.45, 2.75) is 20.4 Å². The highest BCUT2D eigenvalue weighted by Crippen LogP contribution is 2.19. The van der Waals surface area contributed by atoms with Gasteiger partial charge in [0.1, 0.15) is 5.75 Å². The van der Waals surface area contributed by atoms with E-state index in [0.717, 1.165) is 12.2 Å². The lowest BCUT2D eigenvalue weighted by molar-refractivity contribution is 0.0939. The number of hydrogen-bond acceptors (Lipinski definition) is 5. The number of ether oxygens (including phenoxy) is 1. The Kier molecular flexibility index (Phi) is 5.47. The van der Waals surface area contributed by atoms with Crippen molar-refractivity contribution < 1.29 is 9.53 Å². The summed E-state index contributed by atoms with van der Waals surface area (Å²) in [6.07, 6.45) is 0. The van der Waals surface area contributed by atoms with E-state index in [-0.39, 0.29) is 5.78 Å². The number of hydrogen-bond donors (Lipinski definition) is 0. The minimum absolute atomic E-state index is 0.0729. The van der Waals surface area contributed by atoms with Gasteiger partial charge < -0.3 is 4.74 Å². The Labute approximate surface area is 129 Å². The van der Waals surface area contributed by atoms with Gasteiger partial charge in [-0.05, 0) is 33.0 Å². The average Bonchev–Trinajstić information content (AvgIpc) is 2.85. The summed E-state index contributed by atoms with van der Waals surface area (Å²) in [5.41, 5.74) is 3.52. The first-order valence-corrected chi connectivity index (χ1v) is 7.82. The lowest BCUT2D eigenvalue weighted by Gasteiger charge is -2.16. The Bertz CT molecular complexity index is 610. The molecule has 1 aromatic carbocycles. The first-order chi connectivity index (χ1) is 10.1. The van der Waals surface area contributed by atoms with Crippen LogP contribution in [0.15, 0.2) is 29.8 Å². The van der Waals surface area contributed by atoms with Crippen LogP contribution in [0.2, 0.25) is 0 Å². The summed E-state index contributed by atoms with van der Waals surface area (Å²) in [6, 6.07) is 7.40. The summed E-state index contributed by atoms with van der Waals surface area (Å²) >= 11 is 1.62. The van der Waals surface area contributed by atoms with Crippen molar-refractivity contribution in [1.82, 2.24) is 9.88 Å². The fourth-order valence-corrected chi connectivity index (χ4v) is 2.94. The third-order valence-corrected chi connectivity index (χ3v) is 4.08. The van der Waals surface area contributed by atoms with E-state index in [1.165, 1.54) is 4.88 Å². The average molecular weight is 304 g/mol. The number of Topliss-reactive ketones (excluding diaryl/α,β-unsaturated/α-hetero) is 1. The molecule has 0 aliphatic carbocycles. The van der Waals surface area contributed by atoms with Crippen molar-refractivity contribution >= 4 is 17.1 Å². The normalized spacial score (nSPS) is 10.9. The molecule has 1 aromatic heterocycles. The van der Waals surface area contributed by atoms with Crippen LogP contribution in [0.5, 0.6) is 5.75 Å². The molecule has 0 atom stereocenters. The van der Waals surface area contributed by atoms with Gasteiger partial charge in [-0.2, -0.15) is 0 Å². The number of para-hydroxylation sites is 1. The van der Waals surface area contributed by atoms with E-state index in [1.54, 1.807) is 11.3 Å². The standard InChI is InChI=1S/C16H20N2O2S/c1-4-20-15-8-6-5-7-13(15)14(19)9-18(3)10-16-12(2)17-11-21-16/h5-8,11H,4,9-10H2,1-3H3. The molecule has 21 heavy (non-hydrogen) atoms. The van der Waals surface area contributed by atoms with E-state index in [9.17, 15) is 4.79 Å². The first kappa shape index (κ1) is 15.7. The molecule has 0 amide bonds. The number of likely N-dealkylation sites (N-methyl/N-ethyl adjacent to an activating group) is 1. The maximum absolute atomic E-state index is 12.4. The second-order valence-corrected chi connectivity index (χ2v) is 5.82. The van der Waals surface area contributed by atoms with Crippen LogP contribution in [-0.4, -0.2) is 35.9 Å². The molecule has 4 nitrogen and oxygen atoms in total. The lowest BCUT2D eigenvalue weighted by atomic mass is 10.1. The molecule has 0 aliphatic rings. The second-order valence-electron chi connectivity index (χ2n) is 4.89. The summed E-state index contributed by atoms with van der Waals surface area (Å²) < 4.78 is 5.52. The number of carbonyl (C=O) groups excluding carboxylic acids is 1. The second kappa shape index (κ2) is 7.33. The zero-order valence-electron chi connectivity index (χ0n) is 12.6. The Balaban J connectivity index is 2.02. The molecule has 0 saturated heterocycles. The zero-order chi connectivity index (χ0) is 15.2. The van der Waals surface area contributed by atoms with Crippen molar-refractivity contribution in [3.8, 4) is 5.75 Å². The number of nitrogens with zero attached hydrogens (tertiary/aromatic N) is 2. The van der Waals surface area contributed by atoms with Gasteiger partial charge in [0.15, 0.2) is 5.78 Å². The fraction of sp³-hybridized carbons (Fsp3) is 0.375. The van der Waals surface area contributed by atoms with Crippen LogP contribution in [0.3, 0.4) is 0 Å². The van der Waals surface area contributed by atoms with Crippen LogP contribution in [0.1, 0.15) is 27.9 Å². The van der Waals surface area contributed by atoms with Gasteiger partial charge >= 0.3 is 0 Å². The fourth-order valence-electron chi connectivity index (χ4n) is 2.09. The van der Waals surface area contributed by atoms with Crippen LogP contribution in [0.25, 0.3) is 0 Å². The van der Waals surface area contributed by atoms with Gasteiger partial charge in [-0.25, -0.2) is 4.98 Å².